The summed E-state index contributed by atoms with van der Waals surface area (Å²) in [5.41, 5.74) is 1.55. The number of rotatable bonds is 3. The summed E-state index contributed by atoms with van der Waals surface area (Å²) in [7, 11) is 0. The third-order valence-corrected chi connectivity index (χ3v) is 2.99. The Morgan fingerprint density at radius 3 is 2.88 bits per heavy atom. The average Bonchev–Trinajstić information content (AvgIpc) is 2.57. The largest absolute Gasteiger partial charge is 0.340 e. The van der Waals surface area contributed by atoms with Gasteiger partial charge < -0.3 is 9.36 Å². The van der Waals surface area contributed by atoms with E-state index in [1.54, 1.807) is 10.8 Å². The van der Waals surface area contributed by atoms with Gasteiger partial charge in [-0.2, -0.15) is 0 Å². The molecule has 0 amide bonds. The number of carbonyl (C=O) groups excluding carboxylic acids is 2. The van der Waals surface area contributed by atoms with Gasteiger partial charge in [0, 0.05) is 27.1 Å². The Morgan fingerprint density at radius 2 is 2.25 bits per heavy atom. The summed E-state index contributed by atoms with van der Waals surface area (Å²) in [6, 6.07) is 5.69. The molecule has 0 saturated heterocycles. The second-order valence-corrected chi connectivity index (χ2v) is 4.50. The van der Waals surface area contributed by atoms with Crippen molar-refractivity contribution in [2.75, 3.05) is 0 Å². The van der Waals surface area contributed by atoms with Crippen LogP contribution in [0.15, 0.2) is 28.9 Å². The van der Waals surface area contributed by atoms with Crippen LogP contribution in [0.4, 0.5) is 0 Å². The zero-order chi connectivity index (χ0) is 11.7. The standard InChI is InChI=1S/C12H10BrNO2/c1-8(16)11-7-14(4-5-15)12-3-2-9(13)6-10(11)12/h2-3,5-7H,4H2,1H3. The lowest BCUT2D eigenvalue weighted by Crippen LogP contribution is -1.96. The third-order valence-electron chi connectivity index (χ3n) is 2.49. The fourth-order valence-electron chi connectivity index (χ4n) is 1.78. The number of hydrogen-bond acceptors (Lipinski definition) is 2. The number of aromatic nitrogens is 1. The molecule has 0 aliphatic rings. The van der Waals surface area contributed by atoms with Crippen molar-refractivity contribution in [2.45, 2.75) is 13.5 Å². The summed E-state index contributed by atoms with van der Waals surface area (Å²) in [4.78, 5) is 22.0. The number of aldehydes is 1. The lowest BCUT2D eigenvalue weighted by Gasteiger charge is -1.98. The maximum atomic E-state index is 11.5. The van der Waals surface area contributed by atoms with Gasteiger partial charge in [0.1, 0.15) is 6.29 Å². The van der Waals surface area contributed by atoms with Crippen LogP contribution in [0.1, 0.15) is 17.3 Å². The lowest BCUT2D eigenvalue weighted by atomic mass is 10.1. The van der Waals surface area contributed by atoms with E-state index in [-0.39, 0.29) is 12.3 Å². The number of hydrogen-bond donors (Lipinski definition) is 0. The molecule has 0 aliphatic heterocycles. The highest BCUT2D eigenvalue weighted by Gasteiger charge is 2.11. The van der Waals surface area contributed by atoms with Gasteiger partial charge in [0.25, 0.3) is 0 Å². The van der Waals surface area contributed by atoms with Crippen molar-refractivity contribution in [1.82, 2.24) is 4.57 Å². The molecule has 16 heavy (non-hydrogen) atoms. The average molecular weight is 280 g/mol. The van der Waals surface area contributed by atoms with Crippen LogP contribution in [-0.2, 0) is 11.3 Å². The van der Waals surface area contributed by atoms with Crippen molar-refractivity contribution in [2.24, 2.45) is 0 Å². The quantitative estimate of drug-likeness (QED) is 0.640. The van der Waals surface area contributed by atoms with E-state index in [4.69, 9.17) is 0 Å². The minimum atomic E-state index is 0.00717. The molecular weight excluding hydrogens is 270 g/mol. The second kappa shape index (κ2) is 4.22. The monoisotopic (exact) mass is 279 g/mol. The number of halogens is 1. The topological polar surface area (TPSA) is 39.1 Å². The van der Waals surface area contributed by atoms with Gasteiger partial charge in [-0.15, -0.1) is 0 Å². The van der Waals surface area contributed by atoms with Crippen LogP contribution in [0, 0.1) is 0 Å². The van der Waals surface area contributed by atoms with E-state index in [2.05, 4.69) is 15.9 Å². The van der Waals surface area contributed by atoms with E-state index in [9.17, 15) is 9.59 Å². The maximum Gasteiger partial charge on any atom is 0.161 e. The summed E-state index contributed by atoms with van der Waals surface area (Å²) in [6.07, 6.45) is 2.55. The highest BCUT2D eigenvalue weighted by molar-refractivity contribution is 9.10. The van der Waals surface area contributed by atoms with Gasteiger partial charge in [0.2, 0.25) is 0 Å². The zero-order valence-electron chi connectivity index (χ0n) is 8.74. The van der Waals surface area contributed by atoms with Gasteiger partial charge in [-0.25, -0.2) is 0 Å². The first kappa shape index (κ1) is 11.1. The minimum absolute atomic E-state index is 0.00717. The molecule has 1 aromatic carbocycles. The molecule has 1 heterocycles. The van der Waals surface area contributed by atoms with Gasteiger partial charge in [-0.05, 0) is 25.1 Å². The summed E-state index contributed by atoms with van der Waals surface area (Å²) < 4.78 is 2.71. The molecule has 2 aromatic rings. The smallest absolute Gasteiger partial charge is 0.161 e. The van der Waals surface area contributed by atoms with E-state index in [0.717, 1.165) is 21.7 Å². The minimum Gasteiger partial charge on any atom is -0.340 e. The number of fused-ring (bicyclic) bond motifs is 1. The normalized spacial score (nSPS) is 10.6. The number of ketones is 1. The molecule has 82 valence electrons. The summed E-state index contributed by atoms with van der Waals surface area (Å²) >= 11 is 3.37. The van der Waals surface area contributed by atoms with Crippen molar-refractivity contribution >= 4 is 38.9 Å². The number of nitrogens with zero attached hydrogens (tertiary/aromatic N) is 1. The Kier molecular flexibility index (Phi) is 2.92. The molecule has 0 saturated carbocycles. The fraction of sp³-hybridized carbons (Fsp3) is 0.167. The molecule has 0 spiro atoms. The molecule has 0 aliphatic carbocycles. The highest BCUT2D eigenvalue weighted by Crippen LogP contribution is 2.25. The molecule has 1 aromatic heterocycles. The molecule has 0 unspecified atom stereocenters. The van der Waals surface area contributed by atoms with Crippen molar-refractivity contribution in [3.63, 3.8) is 0 Å². The summed E-state index contributed by atoms with van der Waals surface area (Å²) in [5.74, 6) is 0.00717. The van der Waals surface area contributed by atoms with E-state index >= 15 is 0 Å². The third kappa shape index (κ3) is 1.80. The van der Waals surface area contributed by atoms with Crippen LogP contribution in [-0.4, -0.2) is 16.6 Å². The van der Waals surface area contributed by atoms with Crippen molar-refractivity contribution in [3.05, 3.63) is 34.4 Å². The Bertz CT molecular complexity index is 572. The van der Waals surface area contributed by atoms with Crippen LogP contribution in [0.25, 0.3) is 10.9 Å². The number of Topliss-reactive ketones (excluding diaryl/α,β-unsaturated/α-hetero) is 1. The van der Waals surface area contributed by atoms with Crippen LogP contribution < -0.4 is 0 Å². The van der Waals surface area contributed by atoms with Crippen molar-refractivity contribution < 1.29 is 9.59 Å². The predicted molar refractivity (Wildman–Crippen MR) is 65.7 cm³/mol. The van der Waals surface area contributed by atoms with Crippen molar-refractivity contribution in [1.29, 1.82) is 0 Å². The molecule has 3 nitrogen and oxygen atoms in total. The fourth-order valence-corrected chi connectivity index (χ4v) is 2.14. The molecule has 0 bridgehead atoms. The van der Waals surface area contributed by atoms with Gasteiger partial charge in [-0.1, -0.05) is 15.9 Å². The Balaban J connectivity index is 2.75. The Labute approximate surface area is 101 Å². The second-order valence-electron chi connectivity index (χ2n) is 3.58. The van der Waals surface area contributed by atoms with Crippen LogP contribution in [0.2, 0.25) is 0 Å². The first-order valence-electron chi connectivity index (χ1n) is 4.86. The Hall–Kier alpha value is -1.42. The molecule has 4 heteroatoms. The first-order valence-corrected chi connectivity index (χ1v) is 5.65. The molecule has 0 fully saturated rings. The zero-order valence-corrected chi connectivity index (χ0v) is 10.3. The van der Waals surface area contributed by atoms with Gasteiger partial charge >= 0.3 is 0 Å². The molecule has 0 N–H and O–H groups in total. The van der Waals surface area contributed by atoms with E-state index in [1.807, 2.05) is 18.2 Å². The predicted octanol–water partition coefficient (Wildman–Crippen LogP) is 2.81. The van der Waals surface area contributed by atoms with Crippen LogP contribution in [0.3, 0.4) is 0 Å². The maximum absolute atomic E-state index is 11.5. The first-order chi connectivity index (χ1) is 7.63. The molecule has 2 rings (SSSR count). The highest BCUT2D eigenvalue weighted by atomic mass is 79.9. The Morgan fingerprint density at radius 1 is 1.50 bits per heavy atom. The van der Waals surface area contributed by atoms with Crippen LogP contribution in [0.5, 0.6) is 0 Å². The SMILES string of the molecule is CC(=O)c1cn(CC=O)c2ccc(Br)cc12. The van der Waals surface area contributed by atoms with Gasteiger partial charge in [0.05, 0.1) is 6.54 Å². The number of benzene rings is 1. The summed E-state index contributed by atoms with van der Waals surface area (Å²) in [5, 5.41) is 0.878. The van der Waals surface area contributed by atoms with Crippen LogP contribution >= 0.6 is 15.9 Å². The van der Waals surface area contributed by atoms with E-state index in [1.165, 1.54) is 6.92 Å². The van der Waals surface area contributed by atoms with Gasteiger partial charge in [-0.3, -0.25) is 4.79 Å². The van der Waals surface area contributed by atoms with Crippen molar-refractivity contribution in [3.8, 4) is 0 Å². The molecule has 0 atom stereocenters. The summed E-state index contributed by atoms with van der Waals surface area (Å²) in [6.45, 7) is 1.80. The molecular formula is C12H10BrNO2. The lowest BCUT2D eigenvalue weighted by molar-refractivity contribution is -0.108. The van der Waals surface area contributed by atoms with E-state index < -0.39 is 0 Å². The van der Waals surface area contributed by atoms with E-state index in [0.29, 0.717) is 5.56 Å². The number of carbonyl (C=O) groups is 2. The molecule has 0 radical (unpaired) electrons. The van der Waals surface area contributed by atoms with Gasteiger partial charge in [0.15, 0.2) is 5.78 Å².